The maximum absolute atomic E-state index is 12.7. The molecule has 0 saturated carbocycles. The van der Waals surface area contributed by atoms with Crippen LogP contribution in [0.3, 0.4) is 0 Å². The van der Waals surface area contributed by atoms with Gasteiger partial charge >= 0.3 is 5.97 Å². The molecule has 0 radical (unpaired) electrons. The molecule has 2 aliphatic rings. The predicted molar refractivity (Wildman–Crippen MR) is 104 cm³/mol. The van der Waals surface area contributed by atoms with E-state index in [2.05, 4.69) is 54.2 Å². The number of rotatable bonds is 3. The molecule has 1 aliphatic carbocycles. The minimum atomic E-state index is -0.232. The van der Waals surface area contributed by atoms with E-state index < -0.39 is 0 Å². The van der Waals surface area contributed by atoms with Crippen LogP contribution in [0.4, 0.5) is 0 Å². The molecule has 1 aliphatic heterocycles. The van der Waals surface area contributed by atoms with Crippen LogP contribution in [-0.2, 0) is 9.53 Å². The molecule has 0 spiro atoms. The van der Waals surface area contributed by atoms with Crippen LogP contribution in [0.2, 0.25) is 0 Å². The summed E-state index contributed by atoms with van der Waals surface area (Å²) in [5.74, 6) is -0.264. The van der Waals surface area contributed by atoms with E-state index in [4.69, 9.17) is 4.74 Å². The zero-order valence-corrected chi connectivity index (χ0v) is 17.0. The molecule has 4 heteroatoms. The van der Waals surface area contributed by atoms with Gasteiger partial charge in [0.1, 0.15) is 0 Å². The summed E-state index contributed by atoms with van der Waals surface area (Å²) in [6.45, 7) is 6.71. The van der Waals surface area contributed by atoms with Gasteiger partial charge < -0.3 is 10.1 Å². The number of methoxy groups -OCH3 is 1. The van der Waals surface area contributed by atoms with Crippen molar-refractivity contribution in [1.82, 2.24) is 5.32 Å². The smallest absolute Gasteiger partial charge is 0.336 e. The number of dihydropyridines is 1. The fourth-order valence-electron chi connectivity index (χ4n) is 4.04. The minimum Gasteiger partial charge on any atom is -0.466 e. The third kappa shape index (κ3) is 3.55. The Morgan fingerprint density at radius 2 is 2.16 bits per heavy atom. The SMILES string of the molecule is CCC1=C(C(=O)OC)C(c2cccc(Br)c2)C2=C(CCC(C)(C)C2)N1. The lowest BCUT2D eigenvalue weighted by Gasteiger charge is -2.41. The van der Waals surface area contributed by atoms with E-state index in [1.54, 1.807) is 0 Å². The van der Waals surface area contributed by atoms with Gasteiger partial charge in [0.15, 0.2) is 0 Å². The van der Waals surface area contributed by atoms with E-state index in [1.165, 1.54) is 18.4 Å². The standard InChI is InChI=1S/C21H26BrNO2/c1-5-16-19(20(24)25-4)18(13-7-6-8-14(22)11-13)15-12-21(2,3)10-9-17(15)23-16/h6-8,11,18,23H,5,9-10,12H2,1-4H3. The van der Waals surface area contributed by atoms with Crippen LogP contribution in [0.25, 0.3) is 0 Å². The third-order valence-electron chi connectivity index (χ3n) is 5.31. The van der Waals surface area contributed by atoms with Crippen molar-refractivity contribution in [3.05, 3.63) is 56.8 Å². The topological polar surface area (TPSA) is 38.3 Å². The summed E-state index contributed by atoms with van der Waals surface area (Å²) >= 11 is 3.58. The van der Waals surface area contributed by atoms with Gasteiger partial charge in [-0.3, -0.25) is 0 Å². The van der Waals surface area contributed by atoms with E-state index in [-0.39, 0.29) is 17.3 Å². The Bertz CT molecular complexity index is 761. The first-order chi connectivity index (χ1) is 11.9. The Labute approximate surface area is 158 Å². The predicted octanol–water partition coefficient (Wildman–Crippen LogP) is 5.44. The van der Waals surface area contributed by atoms with Gasteiger partial charge in [-0.2, -0.15) is 0 Å². The molecule has 1 N–H and O–H groups in total. The van der Waals surface area contributed by atoms with Crippen LogP contribution in [0.5, 0.6) is 0 Å². The van der Waals surface area contributed by atoms with Gasteiger partial charge in [0, 0.05) is 21.8 Å². The number of halogens is 1. The lowest BCUT2D eigenvalue weighted by molar-refractivity contribution is -0.136. The Balaban J connectivity index is 2.19. The fraction of sp³-hybridized carbons (Fsp3) is 0.476. The average Bonchev–Trinajstić information content (AvgIpc) is 2.58. The van der Waals surface area contributed by atoms with E-state index in [1.807, 2.05) is 12.1 Å². The summed E-state index contributed by atoms with van der Waals surface area (Å²) in [4.78, 5) is 12.7. The Morgan fingerprint density at radius 3 is 2.80 bits per heavy atom. The molecule has 0 bridgehead atoms. The van der Waals surface area contributed by atoms with Crippen molar-refractivity contribution in [2.45, 2.75) is 52.4 Å². The monoisotopic (exact) mass is 403 g/mol. The highest BCUT2D eigenvalue weighted by molar-refractivity contribution is 9.10. The van der Waals surface area contributed by atoms with Crippen molar-refractivity contribution in [3.8, 4) is 0 Å². The second-order valence-corrected chi connectivity index (χ2v) is 8.61. The molecule has 134 valence electrons. The number of hydrogen-bond acceptors (Lipinski definition) is 3. The molecular formula is C21H26BrNO2. The van der Waals surface area contributed by atoms with Crippen LogP contribution < -0.4 is 5.32 Å². The van der Waals surface area contributed by atoms with Gasteiger partial charge in [0.05, 0.1) is 12.7 Å². The van der Waals surface area contributed by atoms with E-state index in [0.29, 0.717) is 0 Å². The van der Waals surface area contributed by atoms with Crippen molar-refractivity contribution in [2.75, 3.05) is 7.11 Å². The van der Waals surface area contributed by atoms with Crippen LogP contribution in [0, 0.1) is 5.41 Å². The molecule has 0 saturated heterocycles. The van der Waals surface area contributed by atoms with E-state index >= 15 is 0 Å². The van der Waals surface area contributed by atoms with Crippen molar-refractivity contribution in [1.29, 1.82) is 0 Å². The highest BCUT2D eigenvalue weighted by atomic mass is 79.9. The number of esters is 1. The zero-order valence-electron chi connectivity index (χ0n) is 15.4. The van der Waals surface area contributed by atoms with Crippen molar-refractivity contribution in [2.24, 2.45) is 5.41 Å². The molecule has 0 aromatic heterocycles. The van der Waals surface area contributed by atoms with Crippen LogP contribution in [0.1, 0.15) is 57.9 Å². The Kier molecular flexibility index (Phi) is 5.10. The van der Waals surface area contributed by atoms with Crippen molar-refractivity contribution in [3.63, 3.8) is 0 Å². The first-order valence-corrected chi connectivity index (χ1v) is 9.71. The number of benzene rings is 1. The second-order valence-electron chi connectivity index (χ2n) is 7.70. The van der Waals surface area contributed by atoms with Gasteiger partial charge in [-0.1, -0.05) is 48.8 Å². The van der Waals surface area contributed by atoms with E-state index in [9.17, 15) is 4.79 Å². The lowest BCUT2D eigenvalue weighted by atomic mass is 9.68. The number of ether oxygens (including phenoxy) is 1. The molecule has 3 nitrogen and oxygen atoms in total. The molecule has 1 atom stereocenters. The van der Waals surface area contributed by atoms with Gasteiger partial charge in [-0.15, -0.1) is 0 Å². The van der Waals surface area contributed by atoms with Crippen LogP contribution >= 0.6 is 15.9 Å². The van der Waals surface area contributed by atoms with Gasteiger partial charge in [0.2, 0.25) is 0 Å². The second kappa shape index (κ2) is 6.99. The maximum Gasteiger partial charge on any atom is 0.336 e. The number of allylic oxidation sites excluding steroid dienone is 3. The first kappa shape index (κ1) is 18.2. The van der Waals surface area contributed by atoms with E-state index in [0.717, 1.165) is 47.0 Å². The number of carbonyl (C=O) groups is 1. The van der Waals surface area contributed by atoms with Crippen molar-refractivity contribution < 1.29 is 9.53 Å². The summed E-state index contributed by atoms with van der Waals surface area (Å²) in [6, 6.07) is 8.30. The maximum atomic E-state index is 12.7. The van der Waals surface area contributed by atoms with Gasteiger partial charge in [0.25, 0.3) is 0 Å². The Morgan fingerprint density at radius 1 is 1.40 bits per heavy atom. The summed E-state index contributed by atoms with van der Waals surface area (Å²) in [7, 11) is 1.47. The molecule has 1 aromatic rings. The highest BCUT2D eigenvalue weighted by Crippen LogP contribution is 2.49. The average molecular weight is 404 g/mol. The first-order valence-electron chi connectivity index (χ1n) is 8.92. The minimum absolute atomic E-state index is 0.0317. The molecule has 1 aromatic carbocycles. The molecule has 1 unspecified atom stereocenters. The molecule has 0 fully saturated rings. The van der Waals surface area contributed by atoms with Crippen LogP contribution in [-0.4, -0.2) is 13.1 Å². The quantitative estimate of drug-likeness (QED) is 0.682. The van der Waals surface area contributed by atoms with Gasteiger partial charge in [-0.25, -0.2) is 4.79 Å². The Hall–Kier alpha value is -1.55. The highest BCUT2D eigenvalue weighted by Gasteiger charge is 2.39. The molecule has 1 heterocycles. The number of nitrogens with one attached hydrogen (secondary N) is 1. The lowest BCUT2D eigenvalue weighted by Crippen LogP contribution is -2.35. The summed E-state index contributed by atoms with van der Waals surface area (Å²) in [5.41, 5.74) is 5.79. The largest absolute Gasteiger partial charge is 0.466 e. The molecule has 0 amide bonds. The summed E-state index contributed by atoms with van der Waals surface area (Å²) in [6.07, 6.45) is 3.97. The molecular weight excluding hydrogens is 378 g/mol. The molecule has 25 heavy (non-hydrogen) atoms. The zero-order chi connectivity index (χ0) is 18.2. The molecule has 3 rings (SSSR count). The van der Waals surface area contributed by atoms with Gasteiger partial charge in [-0.05, 0) is 54.4 Å². The van der Waals surface area contributed by atoms with Crippen LogP contribution in [0.15, 0.2) is 51.3 Å². The third-order valence-corrected chi connectivity index (χ3v) is 5.81. The normalized spacial score (nSPS) is 22.4. The van der Waals surface area contributed by atoms with Crippen molar-refractivity contribution >= 4 is 21.9 Å². The number of carbonyl (C=O) groups excluding carboxylic acids is 1. The number of hydrogen-bond donors (Lipinski definition) is 1. The summed E-state index contributed by atoms with van der Waals surface area (Å²) < 4.78 is 6.19. The fourth-order valence-corrected chi connectivity index (χ4v) is 4.45. The summed E-state index contributed by atoms with van der Waals surface area (Å²) in [5, 5.41) is 3.57.